The summed E-state index contributed by atoms with van der Waals surface area (Å²) in [5.74, 6) is -0.128. The van der Waals surface area contributed by atoms with Gasteiger partial charge in [-0.05, 0) is 34.6 Å². The number of hydrogen-bond donors (Lipinski definition) is 0. The van der Waals surface area contributed by atoms with Crippen molar-refractivity contribution in [1.29, 1.82) is 0 Å². The molecule has 1 aromatic rings. The molecular formula is C18H26N4O4. The predicted molar refractivity (Wildman–Crippen MR) is 93.9 cm³/mol. The number of carbonyl (C=O) groups is 2. The van der Waals surface area contributed by atoms with E-state index in [1.807, 2.05) is 34.6 Å². The molecule has 0 unspecified atom stereocenters. The van der Waals surface area contributed by atoms with Gasteiger partial charge in [-0.25, -0.2) is 14.8 Å². The Morgan fingerprint density at radius 3 is 2.46 bits per heavy atom. The van der Waals surface area contributed by atoms with Gasteiger partial charge >= 0.3 is 6.09 Å². The smallest absolute Gasteiger partial charge is 0.410 e. The molecule has 0 aromatic carbocycles. The van der Waals surface area contributed by atoms with Crippen molar-refractivity contribution in [2.45, 2.75) is 45.8 Å². The van der Waals surface area contributed by atoms with Crippen molar-refractivity contribution in [1.82, 2.24) is 19.8 Å². The van der Waals surface area contributed by atoms with Crippen LogP contribution in [0.1, 0.15) is 42.5 Å². The van der Waals surface area contributed by atoms with E-state index in [2.05, 4.69) is 9.97 Å². The van der Waals surface area contributed by atoms with Crippen LogP contribution in [0.3, 0.4) is 0 Å². The number of aryl methyl sites for hydroxylation is 1. The molecule has 0 saturated carbocycles. The van der Waals surface area contributed by atoms with E-state index in [1.54, 1.807) is 9.80 Å². The molecule has 2 amide bonds. The van der Waals surface area contributed by atoms with Gasteiger partial charge in [0.15, 0.2) is 0 Å². The molecule has 2 fully saturated rings. The maximum absolute atomic E-state index is 12.7. The summed E-state index contributed by atoms with van der Waals surface area (Å²) in [6.07, 6.45) is 1.07. The van der Waals surface area contributed by atoms with E-state index in [0.29, 0.717) is 38.5 Å². The summed E-state index contributed by atoms with van der Waals surface area (Å²) in [7, 11) is 0. The molecular weight excluding hydrogens is 336 g/mol. The molecule has 142 valence electrons. The maximum atomic E-state index is 12.7. The Bertz CT molecular complexity index is 722. The molecule has 0 N–H and O–H groups in total. The van der Waals surface area contributed by atoms with Crippen molar-refractivity contribution in [2.24, 2.45) is 0 Å². The summed E-state index contributed by atoms with van der Waals surface area (Å²) >= 11 is 0. The number of nitrogens with zero attached hydrogens (tertiary/aromatic N) is 4. The first-order valence-electron chi connectivity index (χ1n) is 8.80. The fourth-order valence-electron chi connectivity index (χ4n) is 3.22. The number of ether oxygens (including phenoxy) is 2. The minimum atomic E-state index is -0.535. The Kier molecular flexibility index (Phi) is 4.64. The van der Waals surface area contributed by atoms with Crippen LogP contribution in [-0.4, -0.2) is 75.8 Å². The molecule has 8 heteroatoms. The molecule has 2 aliphatic heterocycles. The monoisotopic (exact) mass is 362 g/mol. The Labute approximate surface area is 153 Å². The third-order valence-corrected chi connectivity index (χ3v) is 4.68. The van der Waals surface area contributed by atoms with Gasteiger partial charge in [0.25, 0.3) is 5.91 Å². The van der Waals surface area contributed by atoms with Crippen LogP contribution in [0.15, 0.2) is 6.33 Å². The molecule has 0 aliphatic carbocycles. The van der Waals surface area contributed by atoms with Gasteiger partial charge in [0.05, 0.1) is 26.2 Å². The summed E-state index contributed by atoms with van der Waals surface area (Å²) in [6.45, 7) is 11.5. The van der Waals surface area contributed by atoms with E-state index in [-0.39, 0.29) is 12.0 Å². The zero-order valence-corrected chi connectivity index (χ0v) is 16.0. The average Bonchev–Trinajstić information content (AvgIpc) is 2.53. The first kappa shape index (κ1) is 18.6. The van der Waals surface area contributed by atoms with Gasteiger partial charge in [0.1, 0.15) is 23.2 Å². The zero-order chi connectivity index (χ0) is 19.1. The SMILES string of the molecule is Cc1ncnc(C(=O)N2CC3(CN(C(=O)OC(C)(C)C)CCO3)C2)c1C. The summed E-state index contributed by atoms with van der Waals surface area (Å²) in [6, 6.07) is 0. The lowest BCUT2D eigenvalue weighted by Gasteiger charge is -2.53. The normalized spacial score (nSPS) is 19.3. The fourth-order valence-corrected chi connectivity index (χ4v) is 3.22. The van der Waals surface area contributed by atoms with Crippen LogP contribution in [0.4, 0.5) is 4.79 Å². The van der Waals surface area contributed by atoms with Crippen LogP contribution in [-0.2, 0) is 9.47 Å². The van der Waals surface area contributed by atoms with E-state index < -0.39 is 11.2 Å². The highest BCUT2D eigenvalue weighted by Gasteiger charge is 2.50. The average molecular weight is 362 g/mol. The van der Waals surface area contributed by atoms with E-state index in [1.165, 1.54) is 6.33 Å². The molecule has 0 atom stereocenters. The van der Waals surface area contributed by atoms with Gasteiger partial charge in [0, 0.05) is 17.8 Å². The van der Waals surface area contributed by atoms with E-state index in [0.717, 1.165) is 11.3 Å². The summed E-state index contributed by atoms with van der Waals surface area (Å²) < 4.78 is 11.4. The Balaban J connectivity index is 1.63. The van der Waals surface area contributed by atoms with Gasteiger partial charge in [-0.15, -0.1) is 0 Å². The predicted octanol–water partition coefficient (Wildman–Crippen LogP) is 1.56. The number of carbonyl (C=O) groups excluding carboxylic acids is 2. The fraction of sp³-hybridized carbons (Fsp3) is 0.667. The number of aromatic nitrogens is 2. The molecule has 3 heterocycles. The minimum Gasteiger partial charge on any atom is -0.444 e. The third kappa shape index (κ3) is 3.65. The van der Waals surface area contributed by atoms with E-state index in [9.17, 15) is 9.59 Å². The molecule has 8 nitrogen and oxygen atoms in total. The van der Waals surface area contributed by atoms with Crippen molar-refractivity contribution in [2.75, 3.05) is 32.8 Å². The van der Waals surface area contributed by atoms with Crippen LogP contribution in [0.25, 0.3) is 0 Å². The standard InChI is InChI=1S/C18H26N4O4/c1-12-13(2)19-11-20-14(12)15(23)22-9-18(10-22)8-21(6-7-25-18)16(24)26-17(3,4)5/h11H,6-10H2,1-5H3. The van der Waals surface area contributed by atoms with Crippen molar-refractivity contribution < 1.29 is 19.1 Å². The lowest BCUT2D eigenvalue weighted by molar-refractivity contribution is -0.168. The molecule has 2 saturated heterocycles. The molecule has 2 aliphatic rings. The molecule has 26 heavy (non-hydrogen) atoms. The van der Waals surface area contributed by atoms with E-state index >= 15 is 0 Å². The Morgan fingerprint density at radius 1 is 1.15 bits per heavy atom. The minimum absolute atomic E-state index is 0.128. The van der Waals surface area contributed by atoms with Crippen LogP contribution in [0.2, 0.25) is 0 Å². The summed E-state index contributed by atoms with van der Waals surface area (Å²) in [5.41, 5.74) is 0.960. The Morgan fingerprint density at radius 2 is 1.81 bits per heavy atom. The zero-order valence-electron chi connectivity index (χ0n) is 16.0. The molecule has 1 aromatic heterocycles. The van der Waals surface area contributed by atoms with Crippen molar-refractivity contribution in [3.63, 3.8) is 0 Å². The lowest BCUT2D eigenvalue weighted by atomic mass is 9.91. The molecule has 1 spiro atoms. The largest absolute Gasteiger partial charge is 0.444 e. The molecule has 0 radical (unpaired) electrons. The van der Waals surface area contributed by atoms with Crippen LogP contribution < -0.4 is 0 Å². The van der Waals surface area contributed by atoms with Gasteiger partial charge in [-0.2, -0.15) is 0 Å². The third-order valence-electron chi connectivity index (χ3n) is 4.68. The highest BCUT2D eigenvalue weighted by atomic mass is 16.6. The van der Waals surface area contributed by atoms with Crippen molar-refractivity contribution in [3.8, 4) is 0 Å². The second-order valence-electron chi connectivity index (χ2n) is 8.03. The number of amides is 2. The van der Waals surface area contributed by atoms with Gasteiger partial charge < -0.3 is 19.3 Å². The van der Waals surface area contributed by atoms with Gasteiger partial charge in [-0.1, -0.05) is 0 Å². The van der Waals surface area contributed by atoms with Gasteiger partial charge in [0.2, 0.25) is 0 Å². The summed E-state index contributed by atoms with van der Waals surface area (Å²) in [4.78, 5) is 36.6. The topological polar surface area (TPSA) is 84.9 Å². The highest BCUT2D eigenvalue weighted by Crippen LogP contribution is 2.31. The van der Waals surface area contributed by atoms with Crippen LogP contribution in [0.5, 0.6) is 0 Å². The number of morpholine rings is 1. The Hall–Kier alpha value is -2.22. The second-order valence-corrected chi connectivity index (χ2v) is 8.03. The van der Waals surface area contributed by atoms with Crippen LogP contribution in [0, 0.1) is 13.8 Å². The number of hydrogen-bond acceptors (Lipinski definition) is 6. The highest BCUT2D eigenvalue weighted by molar-refractivity contribution is 5.94. The summed E-state index contributed by atoms with van der Waals surface area (Å²) in [5, 5.41) is 0. The van der Waals surface area contributed by atoms with E-state index in [4.69, 9.17) is 9.47 Å². The number of likely N-dealkylation sites (tertiary alicyclic amines) is 1. The first-order valence-corrected chi connectivity index (χ1v) is 8.80. The van der Waals surface area contributed by atoms with Gasteiger partial charge in [-0.3, -0.25) is 4.79 Å². The first-order chi connectivity index (χ1) is 12.1. The second kappa shape index (κ2) is 6.50. The number of rotatable bonds is 1. The van der Waals surface area contributed by atoms with Crippen molar-refractivity contribution >= 4 is 12.0 Å². The van der Waals surface area contributed by atoms with Crippen LogP contribution >= 0.6 is 0 Å². The molecule has 0 bridgehead atoms. The quantitative estimate of drug-likeness (QED) is 0.754. The molecule has 3 rings (SSSR count). The lowest BCUT2D eigenvalue weighted by Crippen LogP contribution is -2.71. The maximum Gasteiger partial charge on any atom is 0.410 e. The van der Waals surface area contributed by atoms with Crippen molar-refractivity contribution in [3.05, 3.63) is 23.3 Å².